The summed E-state index contributed by atoms with van der Waals surface area (Å²) >= 11 is 14.1. The van der Waals surface area contributed by atoms with Crippen molar-refractivity contribution in [2.24, 2.45) is 17.4 Å². The number of phenolic OH excluding ortho intramolecular Hbond substituents is 3. The number of aliphatic hydroxyl groups excluding tert-OH is 5. The van der Waals surface area contributed by atoms with Crippen LogP contribution >= 0.6 is 23.2 Å². The lowest BCUT2D eigenvalue weighted by molar-refractivity contribution is -0.333. The largest absolute Gasteiger partial charge is 0.508 e. The molecule has 0 spiro atoms. The summed E-state index contributed by atoms with van der Waals surface area (Å²) in [6.07, 6.45) is -19.5. The zero-order valence-electron chi connectivity index (χ0n) is 56.0. The van der Waals surface area contributed by atoms with Crippen LogP contribution < -0.4 is 62.9 Å². The van der Waals surface area contributed by atoms with Crippen molar-refractivity contribution in [2.45, 2.75) is 156 Å². The molecule has 0 radical (unpaired) electrons. The van der Waals surface area contributed by atoms with E-state index in [-0.39, 0.29) is 24.3 Å². The molecule has 5 aromatic rings. The summed E-state index contributed by atoms with van der Waals surface area (Å²) in [5.74, 6) is -18.0. The second-order valence-corrected chi connectivity index (χ2v) is 28.0. The molecule has 0 aliphatic carbocycles. The molecule has 2 fully saturated rings. The molecule has 12 rings (SSSR count). The van der Waals surface area contributed by atoms with E-state index in [0.717, 1.165) is 66.7 Å². The van der Waals surface area contributed by atoms with Gasteiger partial charge in [0.1, 0.15) is 89.5 Å². The lowest BCUT2D eigenvalue weighted by atomic mass is 9.86. The Hall–Kier alpha value is -9.29. The molecule has 7 aliphatic rings. The van der Waals surface area contributed by atoms with Crippen molar-refractivity contribution < 1.29 is 130 Å². The van der Waals surface area contributed by atoms with Crippen molar-refractivity contribution in [3.05, 3.63) is 117 Å². The smallest absolute Gasteiger partial charge is 0.398 e. The van der Waals surface area contributed by atoms with Crippen LogP contribution in [0.5, 0.6) is 46.0 Å². The molecule has 36 nitrogen and oxygen atoms in total. The number of ether oxygens (including phenoxy) is 6. The van der Waals surface area contributed by atoms with Crippen LogP contribution in [0.15, 0.2) is 78.9 Å². The third kappa shape index (κ3) is 17.0. The number of hydrogen-bond donors (Lipinski definition) is 19. The van der Waals surface area contributed by atoms with Crippen LogP contribution in [-0.4, -0.2) is 199 Å². The Morgan fingerprint density at radius 2 is 1.36 bits per heavy atom. The van der Waals surface area contributed by atoms with Gasteiger partial charge in [-0.25, -0.2) is 8.98 Å². The van der Waals surface area contributed by atoms with Crippen LogP contribution in [0.4, 0.5) is 0 Å². The number of aromatic hydroxyl groups is 3. The Labute approximate surface area is 606 Å². The van der Waals surface area contributed by atoms with E-state index in [1.807, 2.05) is 0 Å². The highest BCUT2D eigenvalue weighted by atomic mass is 35.5. The summed E-state index contributed by atoms with van der Waals surface area (Å²) in [5, 5.41) is 119. The Kier molecular flexibility index (Phi) is 23.4. The third-order valence-corrected chi connectivity index (χ3v) is 19.0. The van der Waals surface area contributed by atoms with E-state index in [4.69, 9.17) is 67.3 Å². The number of carboxylic acids is 1. The molecule has 18 atom stereocenters. The maximum atomic E-state index is 16.2. The number of fused-ring (bicyclic) bond motifs is 14. The first kappa shape index (κ1) is 78.3. The molecule has 7 heterocycles. The van der Waals surface area contributed by atoms with Gasteiger partial charge in [-0.15, -0.1) is 0 Å². The minimum atomic E-state index is -5.85. The third-order valence-electron chi connectivity index (χ3n) is 18.0. The molecule has 105 heavy (non-hydrogen) atoms. The van der Waals surface area contributed by atoms with Crippen LogP contribution in [0.2, 0.25) is 10.0 Å². The number of aliphatic carboxylic acids is 1. The van der Waals surface area contributed by atoms with Gasteiger partial charge in [-0.2, -0.15) is 8.42 Å². The summed E-state index contributed by atoms with van der Waals surface area (Å²) in [6.45, 7) is 5.51. The van der Waals surface area contributed by atoms with Gasteiger partial charge in [0.15, 0.2) is 29.9 Å². The van der Waals surface area contributed by atoms with Crippen molar-refractivity contribution >= 4 is 80.9 Å². The molecule has 7 aliphatic heterocycles. The normalized spacial score (nSPS) is 28.9. The van der Waals surface area contributed by atoms with Crippen LogP contribution in [0.1, 0.15) is 105 Å². The van der Waals surface area contributed by atoms with Crippen LogP contribution in [-0.2, 0) is 67.1 Å². The van der Waals surface area contributed by atoms with E-state index >= 15 is 19.2 Å². The Morgan fingerprint density at radius 1 is 0.743 bits per heavy atom. The number of primary amides is 1. The Morgan fingerprint density at radius 3 is 1.95 bits per heavy atom. The molecule has 0 saturated carbocycles. The number of likely N-dealkylation sites (N-methyl/N-ethyl adjacent to an activating group) is 1. The highest BCUT2D eigenvalue weighted by molar-refractivity contribution is 7.80. The molecular formula is C66H75Cl2N9O27S. The lowest BCUT2D eigenvalue weighted by Gasteiger charge is -2.47. The number of hydrogen-bond acceptors (Lipinski definition) is 27. The number of amides is 7. The number of phenols is 3. The van der Waals surface area contributed by atoms with Crippen LogP contribution in [0.25, 0.3) is 11.1 Å². The average molecular weight is 1530 g/mol. The van der Waals surface area contributed by atoms with Crippen LogP contribution in [0.3, 0.4) is 0 Å². The van der Waals surface area contributed by atoms with E-state index < -0.39 is 269 Å². The summed E-state index contributed by atoms with van der Waals surface area (Å²) in [6, 6.07) is -2.94. The van der Waals surface area contributed by atoms with Crippen molar-refractivity contribution in [3.63, 3.8) is 0 Å². The first-order chi connectivity index (χ1) is 49.4. The second kappa shape index (κ2) is 31.4. The maximum absolute atomic E-state index is 16.2. The fourth-order valence-corrected chi connectivity index (χ4v) is 13.8. The minimum Gasteiger partial charge on any atom is -0.508 e. The first-order valence-electron chi connectivity index (χ1n) is 32.3. The topological polar surface area (TPSA) is 574 Å². The predicted molar refractivity (Wildman–Crippen MR) is 360 cm³/mol. The van der Waals surface area contributed by atoms with Gasteiger partial charge in [-0.05, 0) is 104 Å². The second-order valence-electron chi connectivity index (χ2n) is 26.2. The fourth-order valence-electron chi connectivity index (χ4n) is 12.8. The molecule has 566 valence electrons. The number of aliphatic hydroxyl groups is 5. The maximum Gasteiger partial charge on any atom is 0.398 e. The number of halogens is 2. The summed E-state index contributed by atoms with van der Waals surface area (Å²) in [4.78, 5) is 118. The average Bonchev–Trinajstić information content (AvgIpc) is 1.74. The molecule has 39 heteroatoms. The molecule has 0 aromatic heterocycles. The van der Waals surface area contributed by atoms with Gasteiger partial charge in [-0.3, -0.25) is 38.1 Å². The molecule has 2 saturated heterocycles. The standard InChI is InChI=1S/C66H75Cl2N9O27S/c1-23(2)13-33(71-5)58(87)76-49-51(83)25-9-11-37(31(67)14-25)99-39-16-27-17-40(55(39)103-65-56(53(85)52(84)41(22-78)101-65)102-43-21-66(4,70)57(86)24(3)98-43)100-38-12-10-26(15-32(38)68)54(104-105(95,96)97)50-63(92)75-48(64(93)94)30-18-28(79)19-36(81)45(30)44-29(7-6-8-35(44)80)47(61(90)77-50)74-60(89)46(27)73-59(88)34(20-42(69)82)72-62(49)91/h6-12,14-19,23-24,33-34,41,43,46-54,56-57,65,71,78-81,83-86H,13,20-22,70H2,1-5H3,(H2,69,82)(H,72,91)(H,73,88)(H,74,89)(H,75,92)(H,76,87)(H,77,90)(H,93,94)(H,95,96,97)/t24-,33?,34?,41+,43-,46?,47?,48?,49?,50?,51?,52+,53-,54?,56+,57+,65-,66-/m0/s1. The summed E-state index contributed by atoms with van der Waals surface area (Å²) in [5.41, 5.74) is 6.60. The Bertz CT molecular complexity index is 4370. The van der Waals surface area contributed by atoms with Gasteiger partial charge >= 0.3 is 16.4 Å². The zero-order valence-corrected chi connectivity index (χ0v) is 58.3. The highest BCUT2D eigenvalue weighted by Crippen LogP contribution is 2.51. The number of nitrogens with one attached hydrogen (secondary N) is 7. The fraction of sp³-hybridized carbons (Fsp3) is 0.424. The number of rotatable bonds is 15. The number of benzene rings is 5. The molecule has 9 bridgehead atoms. The molecule has 5 aromatic carbocycles. The number of nitrogens with two attached hydrogens (primary N) is 2. The van der Waals surface area contributed by atoms with Gasteiger partial charge < -0.3 is 123 Å². The van der Waals surface area contributed by atoms with Crippen molar-refractivity contribution in [2.75, 3.05) is 13.7 Å². The van der Waals surface area contributed by atoms with E-state index in [1.165, 1.54) is 27.0 Å². The van der Waals surface area contributed by atoms with E-state index in [0.29, 0.717) is 6.07 Å². The van der Waals surface area contributed by atoms with Crippen molar-refractivity contribution in [1.29, 1.82) is 0 Å². The van der Waals surface area contributed by atoms with Gasteiger partial charge in [0.05, 0.1) is 41.3 Å². The van der Waals surface area contributed by atoms with Gasteiger partial charge in [0, 0.05) is 34.7 Å². The SMILES string of the molecule is CNC(CC(C)C)C(=O)NC1C(=O)NC(CC(N)=O)C(=O)NC2C(=O)NC3C(=O)NC(C(=O)NC(C(=O)O)c4cc(O)cc(O)c4-c4c(O)cccc43)C(OS(=O)(=O)O)c3ccc(c(Cl)c3)Oc3cc2cc(c3O[C@@H]2O[C@H](CO)[C@@H](O)[C@H](O)[C@H]2O[C@H]2C[C@](C)(N)[C@H](O)[C@H](C)O2)Oc2ccc(cc2Cl)C1O. The first-order valence-corrected chi connectivity index (χ1v) is 34.4. The highest BCUT2D eigenvalue weighted by Gasteiger charge is 2.52. The Balaban J connectivity index is 1.28. The zero-order chi connectivity index (χ0) is 76.7. The number of carboxylic acid groups (broad SMARTS) is 1. The minimum absolute atomic E-state index is 0.129. The lowest BCUT2D eigenvalue weighted by Crippen LogP contribution is -2.64. The molecule has 21 N–H and O–H groups in total. The molecule has 7 amide bonds. The quantitative estimate of drug-likeness (QED) is 0.0610. The number of carbonyl (C=O) groups excluding carboxylic acids is 7. The van der Waals surface area contributed by atoms with Crippen LogP contribution in [0, 0.1) is 5.92 Å². The van der Waals surface area contributed by atoms with Gasteiger partial charge in [-0.1, -0.05) is 61.3 Å². The molecule has 9 unspecified atom stereocenters. The van der Waals surface area contributed by atoms with Gasteiger partial charge in [0.2, 0.25) is 53.4 Å². The van der Waals surface area contributed by atoms with E-state index in [1.54, 1.807) is 13.8 Å². The van der Waals surface area contributed by atoms with Gasteiger partial charge in [0.25, 0.3) is 0 Å². The number of carbonyl (C=O) groups is 8. The monoisotopic (exact) mass is 1530 g/mol. The van der Waals surface area contributed by atoms with Crippen molar-refractivity contribution in [3.8, 4) is 57.1 Å². The predicted octanol–water partition coefficient (Wildman–Crippen LogP) is -0.0667. The van der Waals surface area contributed by atoms with Crippen molar-refractivity contribution in [1.82, 2.24) is 37.2 Å². The summed E-state index contributed by atoms with van der Waals surface area (Å²) < 4.78 is 79.9. The molecular weight excluding hydrogens is 1450 g/mol. The van der Waals surface area contributed by atoms with E-state index in [9.17, 15) is 78.1 Å². The summed E-state index contributed by atoms with van der Waals surface area (Å²) in [7, 11) is -4.41. The van der Waals surface area contributed by atoms with E-state index in [2.05, 4.69) is 37.2 Å².